The molecule has 0 atom stereocenters. The van der Waals surface area contributed by atoms with Crippen molar-refractivity contribution in [2.45, 2.75) is 6.61 Å². The fourth-order valence-electron chi connectivity index (χ4n) is 2.00. The van der Waals surface area contributed by atoms with E-state index in [-0.39, 0.29) is 6.61 Å². The van der Waals surface area contributed by atoms with Crippen LogP contribution in [0.15, 0.2) is 60.7 Å². The molecule has 0 aliphatic heterocycles. The normalized spacial score (nSPS) is 10.5. The molecule has 0 fully saturated rings. The monoisotopic (exact) mass is 389 g/mol. The van der Waals surface area contributed by atoms with Crippen LogP contribution in [-0.4, -0.2) is 11.0 Å². The smallest absolute Gasteiger partial charge is 0.357 e. The fraction of sp³-hybridized carbons (Fsp3) is 0.0588. The topological polar surface area (TPSA) is 39.2 Å². The first-order valence-corrected chi connectivity index (χ1v) is 7.57. The average Bonchev–Trinajstić information content (AvgIpc) is 2.53. The second-order valence-corrected chi connectivity index (χ2v) is 5.84. The molecule has 1 heterocycles. The van der Waals surface area contributed by atoms with E-state index in [4.69, 9.17) is 4.74 Å². The minimum atomic E-state index is -0.403. The van der Waals surface area contributed by atoms with Gasteiger partial charge in [0.25, 0.3) is 0 Å². The van der Waals surface area contributed by atoms with Crippen LogP contribution in [0.5, 0.6) is 0 Å². The highest BCUT2D eigenvalue weighted by Crippen LogP contribution is 2.16. The lowest BCUT2D eigenvalue weighted by atomic mass is 10.2. The summed E-state index contributed by atoms with van der Waals surface area (Å²) in [5, 5.41) is 1.01. The highest BCUT2D eigenvalue weighted by atomic mass is 127. The second kappa shape index (κ2) is 6.22. The van der Waals surface area contributed by atoms with Crippen LogP contribution < -0.4 is 0 Å². The molecule has 0 N–H and O–H groups in total. The molecule has 0 unspecified atom stereocenters. The number of halogens is 1. The number of hydrogen-bond donors (Lipinski definition) is 0. The summed E-state index contributed by atoms with van der Waals surface area (Å²) in [5.74, 6) is -0.403. The average molecular weight is 389 g/mol. The molecular weight excluding hydrogens is 377 g/mol. The van der Waals surface area contributed by atoms with Crippen molar-refractivity contribution in [3.05, 3.63) is 75.5 Å². The molecule has 0 saturated heterocycles. The molecule has 3 rings (SSSR count). The van der Waals surface area contributed by atoms with E-state index in [0.717, 1.165) is 20.0 Å². The van der Waals surface area contributed by atoms with Gasteiger partial charge in [-0.3, -0.25) is 0 Å². The zero-order chi connectivity index (χ0) is 14.7. The number of aromatic nitrogens is 1. The number of carbonyl (C=O) groups excluding carboxylic acids is 1. The predicted octanol–water partition coefficient (Wildman–Crippen LogP) is 4.20. The molecule has 0 saturated carbocycles. The third-order valence-corrected chi connectivity index (χ3v) is 3.75. The van der Waals surface area contributed by atoms with Gasteiger partial charge in [-0.05, 0) is 46.4 Å². The Kier molecular flexibility index (Phi) is 4.15. The quantitative estimate of drug-likeness (QED) is 0.498. The summed E-state index contributed by atoms with van der Waals surface area (Å²) >= 11 is 2.23. The van der Waals surface area contributed by atoms with E-state index in [1.165, 1.54) is 0 Å². The summed E-state index contributed by atoms with van der Waals surface area (Å²) in [6, 6.07) is 19.1. The van der Waals surface area contributed by atoms with Gasteiger partial charge in [0.15, 0.2) is 0 Å². The van der Waals surface area contributed by atoms with E-state index in [0.29, 0.717) is 5.69 Å². The standard InChI is InChI=1S/C17H12INO2/c18-14-8-6-13-7-9-15(19-16(13)10-14)17(20)21-11-12-4-2-1-3-5-12/h1-10H,11H2. The highest BCUT2D eigenvalue weighted by molar-refractivity contribution is 14.1. The van der Waals surface area contributed by atoms with Crippen molar-refractivity contribution in [3.8, 4) is 0 Å². The number of ether oxygens (including phenoxy) is 1. The van der Waals surface area contributed by atoms with Crippen LogP contribution in [0.4, 0.5) is 0 Å². The molecule has 4 heteroatoms. The first-order chi connectivity index (χ1) is 10.2. The van der Waals surface area contributed by atoms with Gasteiger partial charge in [0.1, 0.15) is 12.3 Å². The summed E-state index contributed by atoms with van der Waals surface area (Å²) in [7, 11) is 0. The fourth-order valence-corrected chi connectivity index (χ4v) is 2.48. The number of carbonyl (C=O) groups is 1. The van der Waals surface area contributed by atoms with Gasteiger partial charge < -0.3 is 4.74 Å². The summed E-state index contributed by atoms with van der Waals surface area (Å²) in [5.41, 5.74) is 2.10. The Labute approximate surface area is 136 Å². The van der Waals surface area contributed by atoms with E-state index in [2.05, 4.69) is 27.6 Å². The van der Waals surface area contributed by atoms with E-state index >= 15 is 0 Å². The molecule has 1 aromatic heterocycles. The molecule has 2 aromatic carbocycles. The van der Waals surface area contributed by atoms with Crippen LogP contribution in [0.25, 0.3) is 10.9 Å². The SMILES string of the molecule is O=C(OCc1ccccc1)c1ccc2ccc(I)cc2n1. The Morgan fingerprint density at radius 2 is 1.81 bits per heavy atom. The lowest BCUT2D eigenvalue weighted by molar-refractivity contribution is 0.0466. The van der Waals surface area contributed by atoms with Crippen LogP contribution in [-0.2, 0) is 11.3 Å². The third-order valence-electron chi connectivity index (χ3n) is 3.08. The lowest BCUT2D eigenvalue weighted by Crippen LogP contribution is -2.07. The summed E-state index contributed by atoms with van der Waals surface area (Å²) in [4.78, 5) is 16.4. The number of pyridine rings is 1. The van der Waals surface area contributed by atoms with Crippen molar-refractivity contribution < 1.29 is 9.53 Å². The van der Waals surface area contributed by atoms with Gasteiger partial charge in [-0.25, -0.2) is 9.78 Å². The summed E-state index contributed by atoms with van der Waals surface area (Å²) < 4.78 is 6.38. The number of rotatable bonds is 3. The van der Waals surface area contributed by atoms with Gasteiger partial charge in [0.05, 0.1) is 5.52 Å². The number of esters is 1. The third kappa shape index (κ3) is 3.39. The van der Waals surface area contributed by atoms with Crippen molar-refractivity contribution >= 4 is 39.5 Å². The second-order valence-electron chi connectivity index (χ2n) is 4.60. The Morgan fingerprint density at radius 3 is 2.62 bits per heavy atom. The molecule has 0 radical (unpaired) electrons. The van der Waals surface area contributed by atoms with Crippen molar-refractivity contribution in [2.75, 3.05) is 0 Å². The minimum absolute atomic E-state index is 0.256. The lowest BCUT2D eigenvalue weighted by Gasteiger charge is -2.05. The van der Waals surface area contributed by atoms with Gasteiger partial charge in [0.2, 0.25) is 0 Å². The molecule has 21 heavy (non-hydrogen) atoms. The van der Waals surface area contributed by atoms with E-state index in [1.54, 1.807) is 6.07 Å². The Balaban J connectivity index is 1.78. The molecule has 3 nitrogen and oxygen atoms in total. The van der Waals surface area contributed by atoms with E-state index in [1.807, 2.05) is 54.6 Å². The van der Waals surface area contributed by atoms with Crippen LogP contribution >= 0.6 is 22.6 Å². The van der Waals surface area contributed by atoms with Crippen LogP contribution in [0.1, 0.15) is 16.1 Å². The Morgan fingerprint density at radius 1 is 1.05 bits per heavy atom. The number of nitrogens with zero attached hydrogens (tertiary/aromatic N) is 1. The first kappa shape index (κ1) is 14.0. The van der Waals surface area contributed by atoms with E-state index < -0.39 is 5.97 Å². The Bertz CT molecular complexity index is 787. The van der Waals surface area contributed by atoms with Crippen LogP contribution in [0, 0.1) is 3.57 Å². The van der Waals surface area contributed by atoms with Gasteiger partial charge in [0, 0.05) is 8.96 Å². The zero-order valence-corrected chi connectivity index (χ0v) is 13.3. The molecular formula is C17H12INO2. The molecule has 0 bridgehead atoms. The number of fused-ring (bicyclic) bond motifs is 1. The van der Waals surface area contributed by atoms with Gasteiger partial charge in [-0.1, -0.05) is 42.5 Å². The van der Waals surface area contributed by atoms with E-state index in [9.17, 15) is 4.79 Å². The molecule has 3 aromatic rings. The maximum absolute atomic E-state index is 12.1. The van der Waals surface area contributed by atoms with Gasteiger partial charge in [-0.2, -0.15) is 0 Å². The van der Waals surface area contributed by atoms with Crippen molar-refractivity contribution in [1.82, 2.24) is 4.98 Å². The number of hydrogen-bond acceptors (Lipinski definition) is 3. The summed E-state index contributed by atoms with van der Waals surface area (Å²) in [6.07, 6.45) is 0. The maximum Gasteiger partial charge on any atom is 0.357 e. The zero-order valence-electron chi connectivity index (χ0n) is 11.1. The van der Waals surface area contributed by atoms with Crippen molar-refractivity contribution in [1.29, 1.82) is 0 Å². The first-order valence-electron chi connectivity index (χ1n) is 6.50. The van der Waals surface area contributed by atoms with Crippen LogP contribution in [0.3, 0.4) is 0 Å². The van der Waals surface area contributed by atoms with Crippen LogP contribution in [0.2, 0.25) is 0 Å². The summed E-state index contributed by atoms with van der Waals surface area (Å²) in [6.45, 7) is 0.256. The maximum atomic E-state index is 12.1. The largest absolute Gasteiger partial charge is 0.456 e. The predicted molar refractivity (Wildman–Crippen MR) is 90.0 cm³/mol. The Hall–Kier alpha value is -1.95. The van der Waals surface area contributed by atoms with Crippen molar-refractivity contribution in [2.24, 2.45) is 0 Å². The molecule has 0 amide bonds. The number of benzene rings is 2. The van der Waals surface area contributed by atoms with Crippen molar-refractivity contribution in [3.63, 3.8) is 0 Å². The van der Waals surface area contributed by atoms with Gasteiger partial charge >= 0.3 is 5.97 Å². The minimum Gasteiger partial charge on any atom is -0.456 e. The van der Waals surface area contributed by atoms with Gasteiger partial charge in [-0.15, -0.1) is 0 Å². The molecule has 104 valence electrons. The molecule has 0 aliphatic rings. The molecule has 0 spiro atoms. The highest BCUT2D eigenvalue weighted by Gasteiger charge is 2.10. The molecule has 0 aliphatic carbocycles.